The fourth-order valence-electron chi connectivity index (χ4n) is 3.89. The summed E-state index contributed by atoms with van der Waals surface area (Å²) in [6.07, 6.45) is 7.14. The van der Waals surface area contributed by atoms with Gasteiger partial charge < -0.3 is 4.74 Å². The lowest BCUT2D eigenvalue weighted by Crippen LogP contribution is -2.25. The first kappa shape index (κ1) is 20.3. The van der Waals surface area contributed by atoms with E-state index in [0.717, 1.165) is 47.6 Å². The number of ketones is 1. The quantitative estimate of drug-likeness (QED) is 0.466. The molecule has 0 spiro atoms. The van der Waals surface area contributed by atoms with Gasteiger partial charge in [-0.05, 0) is 86.7 Å². The smallest absolute Gasteiger partial charge is 0.186 e. The molecule has 1 aliphatic heterocycles. The molecule has 3 rings (SSSR count). The molecule has 0 N–H and O–H groups in total. The number of carbonyl (C=O) groups is 1. The highest BCUT2D eigenvalue weighted by Gasteiger charge is 2.11. The summed E-state index contributed by atoms with van der Waals surface area (Å²) in [5.74, 6) is 0.970. The Morgan fingerprint density at radius 3 is 2.50 bits per heavy atom. The fourth-order valence-corrected chi connectivity index (χ4v) is 3.89. The summed E-state index contributed by atoms with van der Waals surface area (Å²) in [6.45, 7) is 10.2. The number of nitrogens with zero attached hydrogens (tertiary/aromatic N) is 1. The van der Waals surface area contributed by atoms with Crippen molar-refractivity contribution in [3.63, 3.8) is 0 Å². The van der Waals surface area contributed by atoms with E-state index in [2.05, 4.69) is 24.0 Å². The maximum absolute atomic E-state index is 12.7. The first-order valence-electron chi connectivity index (χ1n) is 10.3. The lowest BCUT2D eigenvalue weighted by molar-refractivity contribution is 0.104. The summed E-state index contributed by atoms with van der Waals surface area (Å²) in [6, 6.07) is 12.1. The Bertz CT molecular complexity index is 827. The molecule has 1 fully saturated rings. The number of aryl methyl sites for hydroxylation is 3. The van der Waals surface area contributed by atoms with Crippen LogP contribution in [0.15, 0.2) is 42.5 Å². The van der Waals surface area contributed by atoms with Gasteiger partial charge in [0, 0.05) is 12.1 Å². The highest BCUT2D eigenvalue weighted by atomic mass is 16.5. The fraction of sp³-hybridized carbons (Fsp3) is 0.400. The van der Waals surface area contributed by atoms with Crippen molar-refractivity contribution >= 4 is 11.9 Å². The Morgan fingerprint density at radius 1 is 1.11 bits per heavy atom. The normalized spacial score (nSPS) is 14.7. The summed E-state index contributed by atoms with van der Waals surface area (Å²) in [5.41, 5.74) is 5.12. The van der Waals surface area contributed by atoms with Gasteiger partial charge in [0.2, 0.25) is 0 Å². The molecule has 28 heavy (non-hydrogen) atoms. The van der Waals surface area contributed by atoms with Crippen molar-refractivity contribution in [3.8, 4) is 5.75 Å². The van der Waals surface area contributed by atoms with Crippen molar-refractivity contribution in [3.05, 3.63) is 70.3 Å². The van der Waals surface area contributed by atoms with Gasteiger partial charge in [0.15, 0.2) is 5.78 Å². The molecule has 148 valence electrons. The molecule has 0 unspecified atom stereocenters. The van der Waals surface area contributed by atoms with Crippen LogP contribution in [0.3, 0.4) is 0 Å². The summed E-state index contributed by atoms with van der Waals surface area (Å²) < 4.78 is 5.96. The predicted molar refractivity (Wildman–Crippen MR) is 116 cm³/mol. The number of ether oxygens (including phenoxy) is 1. The summed E-state index contributed by atoms with van der Waals surface area (Å²) in [7, 11) is 0. The Labute approximate surface area is 169 Å². The summed E-state index contributed by atoms with van der Waals surface area (Å²) in [5, 5.41) is 0. The lowest BCUT2D eigenvalue weighted by atomic mass is 9.97. The number of allylic oxidation sites excluding steroid dienone is 1. The zero-order valence-corrected chi connectivity index (χ0v) is 17.3. The van der Waals surface area contributed by atoms with Crippen LogP contribution in [0.1, 0.15) is 52.4 Å². The van der Waals surface area contributed by atoms with E-state index in [1.165, 1.54) is 31.5 Å². The van der Waals surface area contributed by atoms with Crippen LogP contribution in [0, 0.1) is 13.8 Å². The van der Waals surface area contributed by atoms with Gasteiger partial charge in [-0.1, -0.05) is 37.3 Å². The third-order valence-electron chi connectivity index (χ3n) is 5.51. The Kier molecular flexibility index (Phi) is 7.05. The van der Waals surface area contributed by atoms with Gasteiger partial charge in [0.05, 0.1) is 0 Å². The zero-order chi connectivity index (χ0) is 19.9. The molecule has 2 aromatic carbocycles. The van der Waals surface area contributed by atoms with Crippen LogP contribution in [0.2, 0.25) is 0 Å². The van der Waals surface area contributed by atoms with Crippen molar-refractivity contribution < 1.29 is 9.53 Å². The van der Waals surface area contributed by atoms with Gasteiger partial charge in [-0.25, -0.2) is 0 Å². The third kappa shape index (κ3) is 5.11. The molecule has 1 aliphatic rings. The molecule has 3 nitrogen and oxygen atoms in total. The van der Waals surface area contributed by atoms with Gasteiger partial charge in [0.25, 0.3) is 0 Å². The second-order valence-corrected chi connectivity index (χ2v) is 7.58. The van der Waals surface area contributed by atoms with Crippen molar-refractivity contribution in [1.82, 2.24) is 4.90 Å². The zero-order valence-electron chi connectivity index (χ0n) is 17.3. The summed E-state index contributed by atoms with van der Waals surface area (Å²) in [4.78, 5) is 15.1. The Balaban J connectivity index is 1.66. The van der Waals surface area contributed by atoms with Crippen LogP contribution in [-0.4, -0.2) is 36.9 Å². The van der Waals surface area contributed by atoms with Crippen LogP contribution >= 0.6 is 0 Å². The Morgan fingerprint density at radius 2 is 1.82 bits per heavy atom. The minimum absolute atomic E-state index is 0.0589. The van der Waals surface area contributed by atoms with E-state index in [1.54, 1.807) is 6.08 Å². The van der Waals surface area contributed by atoms with E-state index in [-0.39, 0.29) is 5.78 Å². The largest absolute Gasteiger partial charge is 0.492 e. The van der Waals surface area contributed by atoms with Crippen LogP contribution in [0.4, 0.5) is 0 Å². The van der Waals surface area contributed by atoms with Crippen molar-refractivity contribution in [1.29, 1.82) is 0 Å². The number of rotatable bonds is 8. The van der Waals surface area contributed by atoms with Crippen LogP contribution in [0.25, 0.3) is 6.08 Å². The Hall–Kier alpha value is -2.39. The average Bonchev–Trinajstić information content (AvgIpc) is 3.20. The molecular weight excluding hydrogens is 346 g/mol. The highest BCUT2D eigenvalue weighted by Crippen LogP contribution is 2.21. The number of benzene rings is 2. The van der Waals surface area contributed by atoms with Crippen molar-refractivity contribution in [2.45, 2.75) is 40.0 Å². The van der Waals surface area contributed by atoms with E-state index in [0.29, 0.717) is 0 Å². The van der Waals surface area contributed by atoms with Crippen LogP contribution < -0.4 is 4.74 Å². The van der Waals surface area contributed by atoms with E-state index in [1.807, 2.05) is 44.2 Å². The first-order chi connectivity index (χ1) is 13.6. The van der Waals surface area contributed by atoms with Crippen LogP contribution in [-0.2, 0) is 6.42 Å². The first-order valence-corrected chi connectivity index (χ1v) is 10.3. The third-order valence-corrected chi connectivity index (χ3v) is 5.51. The molecule has 0 aromatic heterocycles. The number of hydrogen-bond acceptors (Lipinski definition) is 3. The second-order valence-electron chi connectivity index (χ2n) is 7.58. The van der Waals surface area contributed by atoms with E-state index in [4.69, 9.17) is 4.74 Å². The topological polar surface area (TPSA) is 29.5 Å². The van der Waals surface area contributed by atoms with E-state index in [9.17, 15) is 4.79 Å². The van der Waals surface area contributed by atoms with Crippen LogP contribution in [0.5, 0.6) is 5.75 Å². The molecule has 3 heteroatoms. The maximum atomic E-state index is 12.7. The molecule has 0 atom stereocenters. The van der Waals surface area contributed by atoms with Gasteiger partial charge in [-0.2, -0.15) is 0 Å². The molecule has 1 heterocycles. The monoisotopic (exact) mass is 377 g/mol. The predicted octanol–water partition coefficient (Wildman–Crippen LogP) is 5.24. The van der Waals surface area contributed by atoms with Gasteiger partial charge >= 0.3 is 0 Å². The van der Waals surface area contributed by atoms with Gasteiger partial charge in [-0.3, -0.25) is 9.69 Å². The number of carbonyl (C=O) groups excluding carboxylic acids is 1. The van der Waals surface area contributed by atoms with Gasteiger partial charge in [-0.15, -0.1) is 0 Å². The molecule has 1 saturated heterocycles. The number of hydrogen-bond donors (Lipinski definition) is 0. The number of likely N-dealkylation sites (tertiary alicyclic amines) is 1. The van der Waals surface area contributed by atoms with Gasteiger partial charge in [0.1, 0.15) is 12.4 Å². The molecule has 0 aliphatic carbocycles. The molecule has 0 radical (unpaired) electrons. The van der Waals surface area contributed by atoms with E-state index < -0.39 is 0 Å². The second kappa shape index (κ2) is 9.70. The minimum atomic E-state index is 0.0589. The lowest BCUT2D eigenvalue weighted by Gasteiger charge is -2.15. The highest BCUT2D eigenvalue weighted by molar-refractivity contribution is 6.08. The van der Waals surface area contributed by atoms with Crippen molar-refractivity contribution in [2.24, 2.45) is 0 Å². The molecule has 0 bridgehead atoms. The SMILES string of the molecule is CCc1cc(OCCN2CCCC2)ccc1C=CC(=O)c1c(C)cccc1C. The average molecular weight is 378 g/mol. The minimum Gasteiger partial charge on any atom is -0.492 e. The maximum Gasteiger partial charge on any atom is 0.186 e. The molecular formula is C25H31NO2. The standard InChI is InChI=1S/C25H31NO2/c1-4-21-18-23(28-17-16-26-14-5-6-15-26)12-10-22(21)11-13-24(27)25-19(2)8-7-9-20(25)3/h7-13,18H,4-6,14-17H2,1-3H3. The molecule has 2 aromatic rings. The molecule has 0 amide bonds. The van der Waals surface area contributed by atoms with Crippen molar-refractivity contribution in [2.75, 3.05) is 26.2 Å². The van der Waals surface area contributed by atoms with E-state index >= 15 is 0 Å². The summed E-state index contributed by atoms with van der Waals surface area (Å²) >= 11 is 0. The molecule has 0 saturated carbocycles.